The van der Waals surface area contributed by atoms with Crippen LogP contribution in [0.4, 0.5) is 0 Å². The smallest absolute Gasteiger partial charge is 0.330 e. The number of hydrogen-bond acceptors (Lipinski definition) is 8. The summed E-state index contributed by atoms with van der Waals surface area (Å²) in [7, 11) is 0. The molecule has 4 rings (SSSR count). The van der Waals surface area contributed by atoms with Crippen molar-refractivity contribution in [2.75, 3.05) is 24.7 Å². The van der Waals surface area contributed by atoms with Crippen LogP contribution in [0, 0.1) is 0 Å². The number of rotatable bonds is 17. The van der Waals surface area contributed by atoms with Gasteiger partial charge in [0, 0.05) is 34.2 Å². The predicted molar refractivity (Wildman–Crippen MR) is 182 cm³/mol. The van der Waals surface area contributed by atoms with Gasteiger partial charge in [0.15, 0.2) is 0 Å². The lowest BCUT2D eigenvalue weighted by Crippen LogP contribution is -2.28. The van der Waals surface area contributed by atoms with E-state index in [0.717, 1.165) is 22.6 Å². The van der Waals surface area contributed by atoms with Gasteiger partial charge in [-0.1, -0.05) is 75.9 Å². The molecule has 2 aromatic carbocycles. The molecule has 0 amide bonds. The molecule has 2 atom stereocenters. The number of benzene rings is 2. The summed E-state index contributed by atoms with van der Waals surface area (Å²) in [5.41, 5.74) is 2.10. The average molecular weight is 639 g/mol. The van der Waals surface area contributed by atoms with Crippen molar-refractivity contribution >= 4 is 35.5 Å². The van der Waals surface area contributed by atoms with Gasteiger partial charge in [-0.25, -0.2) is 9.59 Å². The molecule has 44 heavy (non-hydrogen) atoms. The highest BCUT2D eigenvalue weighted by molar-refractivity contribution is 8.00. The van der Waals surface area contributed by atoms with Crippen molar-refractivity contribution in [2.45, 2.75) is 86.9 Å². The summed E-state index contributed by atoms with van der Waals surface area (Å²) in [5, 5.41) is 1.26. The van der Waals surface area contributed by atoms with Crippen LogP contribution in [0.25, 0.3) is 11.1 Å². The normalized spacial score (nSPS) is 17.2. The lowest BCUT2D eigenvalue weighted by Gasteiger charge is -2.24. The molecule has 2 fully saturated rings. The minimum absolute atomic E-state index is 0.299. The lowest BCUT2D eigenvalue weighted by molar-refractivity contribution is -0.144. The summed E-state index contributed by atoms with van der Waals surface area (Å²) >= 11 is 3.76. The van der Waals surface area contributed by atoms with Crippen LogP contribution in [-0.4, -0.2) is 59.4 Å². The minimum Gasteiger partial charge on any atom is -0.490 e. The molecular weight excluding hydrogens is 593 g/mol. The second kappa shape index (κ2) is 18.8. The van der Waals surface area contributed by atoms with Crippen LogP contribution in [0.2, 0.25) is 0 Å². The van der Waals surface area contributed by atoms with E-state index >= 15 is 0 Å². The molecule has 0 heterocycles. The Labute approximate surface area is 271 Å². The topological polar surface area (TPSA) is 71.1 Å². The van der Waals surface area contributed by atoms with Crippen LogP contribution in [0.5, 0.6) is 11.5 Å². The van der Waals surface area contributed by atoms with Crippen molar-refractivity contribution in [2.24, 2.45) is 0 Å². The van der Waals surface area contributed by atoms with Crippen molar-refractivity contribution in [1.29, 1.82) is 0 Å². The maximum atomic E-state index is 11.9. The van der Waals surface area contributed by atoms with Gasteiger partial charge in [-0.15, -0.1) is 0 Å². The summed E-state index contributed by atoms with van der Waals surface area (Å²) in [5.74, 6) is 2.04. The minimum atomic E-state index is -0.419. The fourth-order valence-electron chi connectivity index (χ4n) is 5.47. The first-order chi connectivity index (χ1) is 21.5. The fraction of sp³-hybridized carbons (Fsp3) is 0.500. The first kappa shape index (κ1) is 34.0. The summed E-state index contributed by atoms with van der Waals surface area (Å²) in [6.45, 7) is 7.65. The Hall–Kier alpha value is -2.84. The van der Waals surface area contributed by atoms with E-state index in [4.69, 9.17) is 18.9 Å². The van der Waals surface area contributed by atoms with Gasteiger partial charge in [0.25, 0.3) is 0 Å². The highest BCUT2D eigenvalue weighted by Crippen LogP contribution is 2.31. The van der Waals surface area contributed by atoms with Crippen LogP contribution in [0.1, 0.15) is 64.2 Å². The SMILES string of the molecule is C=CC(=O)OC(COc1ccc(-c2ccc(OCC(CSC3CCCCC3)OC(=O)C=C)cc2)cc1)CSC1CCCCC1. The van der Waals surface area contributed by atoms with Gasteiger partial charge in [-0.05, 0) is 61.1 Å². The zero-order chi connectivity index (χ0) is 31.0. The molecule has 6 nitrogen and oxygen atoms in total. The van der Waals surface area contributed by atoms with E-state index < -0.39 is 11.9 Å². The number of ether oxygens (including phenoxy) is 4. The van der Waals surface area contributed by atoms with Gasteiger partial charge < -0.3 is 18.9 Å². The third-order valence-electron chi connectivity index (χ3n) is 7.95. The summed E-state index contributed by atoms with van der Waals surface area (Å²) in [4.78, 5) is 23.8. The maximum absolute atomic E-state index is 11.9. The predicted octanol–water partition coefficient (Wildman–Crippen LogP) is 8.44. The van der Waals surface area contributed by atoms with Crippen molar-refractivity contribution in [3.63, 3.8) is 0 Å². The largest absolute Gasteiger partial charge is 0.490 e. The third kappa shape index (κ3) is 11.9. The van der Waals surface area contributed by atoms with Crippen LogP contribution in [-0.2, 0) is 19.1 Å². The molecule has 0 aromatic heterocycles. The zero-order valence-corrected chi connectivity index (χ0v) is 27.3. The van der Waals surface area contributed by atoms with Crippen LogP contribution >= 0.6 is 23.5 Å². The van der Waals surface area contributed by atoms with E-state index in [9.17, 15) is 9.59 Å². The molecule has 2 saturated carbocycles. The second-order valence-electron chi connectivity index (χ2n) is 11.4. The Balaban J connectivity index is 1.26. The molecule has 0 N–H and O–H groups in total. The number of hydrogen-bond donors (Lipinski definition) is 0. The molecule has 0 radical (unpaired) electrons. The van der Waals surface area contributed by atoms with Crippen LogP contribution in [0.15, 0.2) is 73.8 Å². The maximum Gasteiger partial charge on any atom is 0.330 e. The van der Waals surface area contributed by atoms with Crippen molar-refractivity contribution < 1.29 is 28.5 Å². The van der Waals surface area contributed by atoms with E-state index in [2.05, 4.69) is 13.2 Å². The zero-order valence-electron chi connectivity index (χ0n) is 25.7. The second-order valence-corrected chi connectivity index (χ2v) is 14.1. The summed E-state index contributed by atoms with van der Waals surface area (Å²) in [6, 6.07) is 15.8. The van der Waals surface area contributed by atoms with E-state index in [1.54, 1.807) is 0 Å². The Kier molecular flexibility index (Phi) is 14.6. The van der Waals surface area contributed by atoms with Crippen molar-refractivity contribution in [3.05, 3.63) is 73.8 Å². The number of carbonyl (C=O) groups is 2. The van der Waals surface area contributed by atoms with Gasteiger partial charge in [0.1, 0.15) is 36.9 Å². The van der Waals surface area contributed by atoms with E-state index in [1.807, 2.05) is 72.1 Å². The Morgan fingerprint density at radius 2 is 1.00 bits per heavy atom. The highest BCUT2D eigenvalue weighted by Gasteiger charge is 2.21. The average Bonchev–Trinajstić information content (AvgIpc) is 3.08. The van der Waals surface area contributed by atoms with Gasteiger partial charge in [0.2, 0.25) is 0 Å². The number of thioether (sulfide) groups is 2. The molecule has 8 heteroatoms. The molecule has 2 aliphatic carbocycles. The molecule has 0 spiro atoms. The summed E-state index contributed by atoms with van der Waals surface area (Å²) < 4.78 is 23.2. The van der Waals surface area contributed by atoms with Gasteiger partial charge in [0.05, 0.1) is 0 Å². The van der Waals surface area contributed by atoms with E-state index in [-0.39, 0.29) is 12.2 Å². The van der Waals surface area contributed by atoms with Crippen molar-refractivity contribution in [1.82, 2.24) is 0 Å². The molecule has 2 unspecified atom stereocenters. The Bertz CT molecular complexity index is 1080. The first-order valence-corrected chi connectivity index (χ1v) is 18.0. The molecule has 0 aliphatic heterocycles. The standard InChI is InChI=1S/C36H46O6S2/c1-3-35(37)41-31(25-43-33-11-7-5-8-12-33)23-39-29-19-15-27(16-20-29)28-17-21-30(22-18-28)40-24-32(42-36(38)4-2)26-44-34-13-9-6-10-14-34/h3-4,15-22,31-34H,1-2,5-14,23-26H2. The number of carbonyl (C=O) groups excluding carboxylic acids is 2. The fourth-order valence-corrected chi connectivity index (χ4v) is 8.11. The number of esters is 2. The molecule has 0 bridgehead atoms. The first-order valence-electron chi connectivity index (χ1n) is 15.9. The quantitative estimate of drug-likeness (QED) is 0.126. The molecule has 2 aliphatic rings. The van der Waals surface area contributed by atoms with E-state index in [1.165, 1.54) is 76.4 Å². The Morgan fingerprint density at radius 1 is 0.636 bits per heavy atom. The molecule has 2 aromatic rings. The van der Waals surface area contributed by atoms with Crippen molar-refractivity contribution in [3.8, 4) is 22.6 Å². The highest BCUT2D eigenvalue weighted by atomic mass is 32.2. The van der Waals surface area contributed by atoms with Gasteiger partial charge in [-0.3, -0.25) is 0 Å². The summed E-state index contributed by atoms with van der Waals surface area (Å²) in [6.07, 6.45) is 14.4. The molecule has 0 saturated heterocycles. The third-order valence-corrected chi connectivity index (χ3v) is 11.0. The van der Waals surface area contributed by atoms with Crippen LogP contribution in [0.3, 0.4) is 0 Å². The van der Waals surface area contributed by atoms with Gasteiger partial charge >= 0.3 is 11.9 Å². The molecular formula is C36H46O6S2. The monoisotopic (exact) mass is 638 g/mol. The van der Waals surface area contributed by atoms with Crippen LogP contribution < -0.4 is 9.47 Å². The van der Waals surface area contributed by atoms with Gasteiger partial charge in [-0.2, -0.15) is 23.5 Å². The Morgan fingerprint density at radius 3 is 1.34 bits per heavy atom. The molecule has 238 valence electrons. The van der Waals surface area contributed by atoms with E-state index in [0.29, 0.717) is 35.2 Å². The lowest BCUT2D eigenvalue weighted by atomic mass is 10.0.